The minimum Gasteiger partial charge on any atom is -0.351 e. The summed E-state index contributed by atoms with van der Waals surface area (Å²) in [5.74, 6) is -0.00416. The van der Waals surface area contributed by atoms with Gasteiger partial charge < -0.3 is 5.32 Å². The van der Waals surface area contributed by atoms with Crippen molar-refractivity contribution in [2.45, 2.75) is 19.9 Å². The summed E-state index contributed by atoms with van der Waals surface area (Å²) in [5.41, 5.74) is 4.77. The molecule has 1 aliphatic heterocycles. The van der Waals surface area contributed by atoms with E-state index in [4.69, 9.17) is 0 Å². The highest BCUT2D eigenvalue weighted by atomic mass is 32.1. The lowest BCUT2D eigenvalue weighted by atomic mass is 10.1. The summed E-state index contributed by atoms with van der Waals surface area (Å²) >= 11 is 1.67. The maximum atomic E-state index is 13.2. The Labute approximate surface area is 157 Å². The fraction of sp³-hybridized carbons (Fsp3) is 0.136. The van der Waals surface area contributed by atoms with Crippen LogP contribution in [0, 0.1) is 13.8 Å². The lowest BCUT2D eigenvalue weighted by molar-refractivity contribution is -0.114. The van der Waals surface area contributed by atoms with E-state index in [1.54, 1.807) is 11.3 Å². The van der Waals surface area contributed by atoms with E-state index in [0.29, 0.717) is 5.70 Å². The minimum atomic E-state index is -0.0865. The molecular formula is C22H20N2OS. The number of thiophene rings is 1. The predicted octanol–water partition coefficient (Wildman–Crippen LogP) is 5.45. The van der Waals surface area contributed by atoms with Crippen molar-refractivity contribution in [3.05, 3.63) is 93.8 Å². The molecule has 0 saturated carbocycles. The van der Waals surface area contributed by atoms with Crippen molar-refractivity contribution in [2.75, 3.05) is 10.2 Å². The molecule has 130 valence electrons. The second kappa shape index (κ2) is 6.81. The van der Waals surface area contributed by atoms with E-state index in [2.05, 4.69) is 17.4 Å². The van der Waals surface area contributed by atoms with E-state index in [9.17, 15) is 4.79 Å². The number of carbonyl (C=O) groups is 1. The number of hydrogen-bond donors (Lipinski definition) is 1. The van der Waals surface area contributed by atoms with Crippen LogP contribution in [0.1, 0.15) is 22.0 Å². The van der Waals surface area contributed by atoms with E-state index in [1.165, 1.54) is 0 Å². The van der Waals surface area contributed by atoms with Crippen LogP contribution >= 0.6 is 11.3 Å². The fourth-order valence-corrected chi connectivity index (χ4v) is 4.04. The molecule has 1 aliphatic rings. The molecular weight excluding hydrogens is 340 g/mol. The van der Waals surface area contributed by atoms with Crippen molar-refractivity contribution in [1.29, 1.82) is 0 Å². The van der Waals surface area contributed by atoms with Crippen LogP contribution in [0.4, 0.5) is 11.4 Å². The minimum absolute atomic E-state index is 0.00416. The number of nitrogens with one attached hydrogen (secondary N) is 1. The Morgan fingerprint density at radius 2 is 1.73 bits per heavy atom. The number of rotatable bonds is 4. The average molecular weight is 360 g/mol. The zero-order chi connectivity index (χ0) is 18.1. The number of anilines is 2. The molecule has 0 unspecified atom stereocenters. The van der Waals surface area contributed by atoms with Gasteiger partial charge in [-0.2, -0.15) is 0 Å². The third kappa shape index (κ3) is 3.16. The molecule has 0 radical (unpaired) electrons. The van der Waals surface area contributed by atoms with Crippen molar-refractivity contribution in [3.63, 3.8) is 0 Å². The normalized spacial score (nSPS) is 16.7. The van der Waals surface area contributed by atoms with E-state index < -0.39 is 0 Å². The molecule has 2 aromatic carbocycles. The summed E-state index contributed by atoms with van der Waals surface area (Å²) in [6.07, 6.45) is 2.03. The van der Waals surface area contributed by atoms with Crippen LogP contribution in [-0.2, 0) is 4.79 Å². The van der Waals surface area contributed by atoms with Crippen molar-refractivity contribution in [1.82, 2.24) is 0 Å². The summed E-state index contributed by atoms with van der Waals surface area (Å²) < 4.78 is 0. The van der Waals surface area contributed by atoms with Crippen LogP contribution in [0.25, 0.3) is 0 Å². The summed E-state index contributed by atoms with van der Waals surface area (Å²) in [5, 5.41) is 5.36. The summed E-state index contributed by atoms with van der Waals surface area (Å²) in [4.78, 5) is 16.2. The van der Waals surface area contributed by atoms with Crippen molar-refractivity contribution >= 4 is 28.6 Å². The molecule has 1 atom stereocenters. The topological polar surface area (TPSA) is 32.3 Å². The van der Waals surface area contributed by atoms with Crippen molar-refractivity contribution in [3.8, 4) is 0 Å². The Bertz CT molecular complexity index is 975. The maximum absolute atomic E-state index is 13.2. The highest BCUT2D eigenvalue weighted by Crippen LogP contribution is 2.38. The number of hydrogen-bond acceptors (Lipinski definition) is 3. The number of aryl methyl sites for hydroxylation is 2. The summed E-state index contributed by atoms with van der Waals surface area (Å²) in [6, 6.07) is 20.2. The first-order chi connectivity index (χ1) is 12.6. The Morgan fingerprint density at radius 3 is 2.42 bits per heavy atom. The first kappa shape index (κ1) is 16.6. The quantitative estimate of drug-likeness (QED) is 0.671. The van der Waals surface area contributed by atoms with E-state index in [-0.39, 0.29) is 11.9 Å². The van der Waals surface area contributed by atoms with Crippen LogP contribution in [0.15, 0.2) is 77.8 Å². The molecule has 0 aliphatic carbocycles. The van der Waals surface area contributed by atoms with Gasteiger partial charge in [-0.1, -0.05) is 30.3 Å². The van der Waals surface area contributed by atoms with E-state index in [0.717, 1.165) is 27.4 Å². The van der Waals surface area contributed by atoms with E-state index >= 15 is 0 Å². The van der Waals surface area contributed by atoms with Gasteiger partial charge in [0.2, 0.25) is 0 Å². The molecule has 0 fully saturated rings. The number of nitrogens with zero attached hydrogens (tertiary/aromatic N) is 1. The van der Waals surface area contributed by atoms with Crippen LogP contribution in [0.2, 0.25) is 0 Å². The Balaban J connectivity index is 1.72. The molecule has 4 heteroatoms. The first-order valence-electron chi connectivity index (χ1n) is 8.61. The van der Waals surface area contributed by atoms with Gasteiger partial charge in [0.25, 0.3) is 5.91 Å². The smallest absolute Gasteiger partial charge is 0.275 e. The molecule has 3 aromatic rings. The molecule has 2 heterocycles. The maximum Gasteiger partial charge on any atom is 0.275 e. The number of benzene rings is 2. The molecule has 3 nitrogen and oxygen atoms in total. The predicted molar refractivity (Wildman–Crippen MR) is 109 cm³/mol. The van der Waals surface area contributed by atoms with Crippen LogP contribution in [0.3, 0.4) is 0 Å². The second-order valence-electron chi connectivity index (χ2n) is 6.55. The zero-order valence-corrected chi connectivity index (χ0v) is 15.6. The largest absolute Gasteiger partial charge is 0.351 e. The van der Waals surface area contributed by atoms with Crippen LogP contribution < -0.4 is 10.2 Å². The summed E-state index contributed by atoms with van der Waals surface area (Å²) in [7, 11) is 0. The third-order valence-corrected chi connectivity index (χ3v) is 5.41. The standard InChI is InChI=1S/C22H20N2OS/c1-15-6-3-8-17(12-15)23-19-14-20(21-10-5-11-26-21)24(22(19)25)18-9-4-7-16(2)13-18/h3-14,20,23H,1-2H3/t20-/m1/s1. The van der Waals surface area contributed by atoms with Gasteiger partial charge in [-0.25, -0.2) is 0 Å². The Kier molecular flexibility index (Phi) is 4.35. The average Bonchev–Trinajstić information content (AvgIpc) is 3.24. The lowest BCUT2D eigenvalue weighted by Crippen LogP contribution is -2.30. The molecule has 1 N–H and O–H groups in total. The molecule has 0 spiro atoms. The third-order valence-electron chi connectivity index (χ3n) is 4.46. The SMILES string of the molecule is Cc1cccc(NC2=C[C@H](c3cccs3)N(c3cccc(C)c3)C2=O)c1. The Hall–Kier alpha value is -2.85. The molecule has 1 amide bonds. The molecule has 0 bridgehead atoms. The Morgan fingerprint density at radius 1 is 0.962 bits per heavy atom. The molecule has 0 saturated heterocycles. The fourth-order valence-electron chi connectivity index (χ4n) is 3.26. The highest BCUT2D eigenvalue weighted by Gasteiger charge is 2.35. The van der Waals surface area contributed by atoms with Gasteiger partial charge >= 0.3 is 0 Å². The van der Waals surface area contributed by atoms with Gasteiger partial charge in [0, 0.05) is 16.3 Å². The lowest BCUT2D eigenvalue weighted by Gasteiger charge is -2.24. The van der Waals surface area contributed by atoms with Crippen LogP contribution in [-0.4, -0.2) is 5.91 Å². The monoisotopic (exact) mass is 360 g/mol. The zero-order valence-electron chi connectivity index (χ0n) is 14.8. The van der Waals surface area contributed by atoms with Crippen molar-refractivity contribution < 1.29 is 4.79 Å². The van der Waals surface area contributed by atoms with Crippen molar-refractivity contribution in [2.24, 2.45) is 0 Å². The number of amides is 1. The van der Waals surface area contributed by atoms with Gasteiger partial charge in [0.1, 0.15) is 5.70 Å². The highest BCUT2D eigenvalue weighted by molar-refractivity contribution is 7.10. The second-order valence-corrected chi connectivity index (χ2v) is 7.53. The van der Waals surface area contributed by atoms with Gasteiger partial charge in [-0.3, -0.25) is 9.69 Å². The van der Waals surface area contributed by atoms with E-state index in [1.807, 2.05) is 78.7 Å². The van der Waals surface area contributed by atoms with Gasteiger partial charge in [0.15, 0.2) is 0 Å². The van der Waals surface area contributed by atoms with Gasteiger partial charge in [-0.05, 0) is 66.8 Å². The molecule has 1 aromatic heterocycles. The number of carbonyl (C=O) groups excluding carboxylic acids is 1. The van der Waals surface area contributed by atoms with Crippen LogP contribution in [0.5, 0.6) is 0 Å². The summed E-state index contributed by atoms with van der Waals surface area (Å²) in [6.45, 7) is 4.09. The van der Waals surface area contributed by atoms with Gasteiger partial charge in [-0.15, -0.1) is 11.3 Å². The first-order valence-corrected chi connectivity index (χ1v) is 9.49. The molecule has 4 rings (SSSR count). The van der Waals surface area contributed by atoms with Gasteiger partial charge in [0.05, 0.1) is 6.04 Å². The molecule has 26 heavy (non-hydrogen) atoms.